The summed E-state index contributed by atoms with van der Waals surface area (Å²) < 4.78 is 10.6. The van der Waals surface area contributed by atoms with Gasteiger partial charge in [-0.25, -0.2) is 9.97 Å². The lowest BCUT2D eigenvalue weighted by Gasteiger charge is -1.98. The number of nitrogens with zero attached hydrogens (tertiary/aromatic N) is 4. The van der Waals surface area contributed by atoms with Crippen LogP contribution in [0.5, 0.6) is 0 Å². The molecule has 5 aromatic rings. The molecule has 0 aliphatic carbocycles. The third-order valence-corrected chi connectivity index (χ3v) is 5.98. The number of benzene rings is 1. The van der Waals surface area contributed by atoms with E-state index < -0.39 is 0 Å². The molecule has 8 heteroatoms. The van der Waals surface area contributed by atoms with E-state index >= 15 is 0 Å². The first-order valence-corrected chi connectivity index (χ1v) is 9.96. The molecule has 4 heterocycles. The molecule has 0 saturated heterocycles. The van der Waals surface area contributed by atoms with Crippen LogP contribution in [0.2, 0.25) is 0 Å². The lowest BCUT2D eigenvalue weighted by molar-refractivity contribution is 0.390. The number of hydrogen-bond donors (Lipinski definition) is 0. The molecule has 6 nitrogen and oxygen atoms in total. The Labute approximate surface area is 162 Å². The van der Waals surface area contributed by atoms with Gasteiger partial charge >= 0.3 is 0 Å². The number of thioether (sulfide) groups is 1. The van der Waals surface area contributed by atoms with Gasteiger partial charge < -0.3 is 8.94 Å². The van der Waals surface area contributed by atoms with E-state index in [2.05, 4.69) is 38.3 Å². The van der Waals surface area contributed by atoms with Crippen LogP contribution < -0.4 is 0 Å². The van der Waals surface area contributed by atoms with Crippen molar-refractivity contribution >= 4 is 33.3 Å². The molecule has 0 spiro atoms. The standard InChI is InChI=1S/C19H12N4O2S2/c1-2-5-12(6-3-1)15-9-13-18(20-11-21-19(13)27-15)26-10-16-22-17(23-25-16)14-7-4-8-24-14/h1-9,11H,10H2. The van der Waals surface area contributed by atoms with E-state index in [0.717, 1.165) is 15.2 Å². The summed E-state index contributed by atoms with van der Waals surface area (Å²) in [7, 11) is 0. The Balaban J connectivity index is 1.40. The fraction of sp³-hybridized carbons (Fsp3) is 0.0526. The van der Waals surface area contributed by atoms with Crippen molar-refractivity contribution in [2.45, 2.75) is 10.8 Å². The summed E-state index contributed by atoms with van der Waals surface area (Å²) in [5.74, 6) is 2.09. The van der Waals surface area contributed by atoms with Gasteiger partial charge in [0.05, 0.1) is 12.0 Å². The first-order valence-electron chi connectivity index (χ1n) is 8.16. The lowest BCUT2D eigenvalue weighted by Crippen LogP contribution is -1.86. The number of furan rings is 1. The predicted molar refractivity (Wildman–Crippen MR) is 104 cm³/mol. The molecule has 27 heavy (non-hydrogen) atoms. The quantitative estimate of drug-likeness (QED) is 0.297. The summed E-state index contributed by atoms with van der Waals surface area (Å²) in [6, 6.07) is 16.0. The summed E-state index contributed by atoms with van der Waals surface area (Å²) in [6.07, 6.45) is 3.18. The van der Waals surface area contributed by atoms with E-state index in [1.54, 1.807) is 47.8 Å². The maximum Gasteiger partial charge on any atom is 0.238 e. The fourth-order valence-electron chi connectivity index (χ4n) is 2.64. The van der Waals surface area contributed by atoms with Gasteiger partial charge in [-0.3, -0.25) is 0 Å². The molecule has 0 saturated carbocycles. The first-order chi connectivity index (χ1) is 13.4. The van der Waals surface area contributed by atoms with E-state index in [1.165, 1.54) is 10.4 Å². The van der Waals surface area contributed by atoms with E-state index in [9.17, 15) is 0 Å². The van der Waals surface area contributed by atoms with Crippen molar-refractivity contribution in [2.75, 3.05) is 0 Å². The minimum Gasteiger partial charge on any atom is -0.461 e. The van der Waals surface area contributed by atoms with Crippen molar-refractivity contribution < 1.29 is 8.94 Å². The summed E-state index contributed by atoms with van der Waals surface area (Å²) in [4.78, 5) is 15.4. The minimum atomic E-state index is 0.449. The zero-order valence-corrected chi connectivity index (χ0v) is 15.5. The molecule has 5 rings (SSSR count). The summed E-state index contributed by atoms with van der Waals surface area (Å²) in [5.41, 5.74) is 1.18. The Morgan fingerprint density at radius 1 is 1.04 bits per heavy atom. The topological polar surface area (TPSA) is 77.8 Å². The van der Waals surface area contributed by atoms with Crippen LogP contribution in [0.1, 0.15) is 5.89 Å². The van der Waals surface area contributed by atoms with Gasteiger partial charge in [0.15, 0.2) is 5.76 Å². The highest BCUT2D eigenvalue weighted by atomic mass is 32.2. The monoisotopic (exact) mass is 392 g/mol. The number of thiophene rings is 1. The van der Waals surface area contributed by atoms with Crippen LogP contribution in [0, 0.1) is 0 Å². The molecule has 0 atom stereocenters. The molecular formula is C19H12N4O2S2. The van der Waals surface area contributed by atoms with Crippen LogP contribution in [-0.2, 0) is 5.75 Å². The maximum atomic E-state index is 5.31. The Morgan fingerprint density at radius 3 is 2.81 bits per heavy atom. The van der Waals surface area contributed by atoms with Crippen LogP contribution in [0.3, 0.4) is 0 Å². The Hall–Kier alpha value is -2.97. The first kappa shape index (κ1) is 16.2. The third-order valence-electron chi connectivity index (χ3n) is 3.89. The van der Waals surface area contributed by atoms with Crippen LogP contribution in [-0.4, -0.2) is 20.1 Å². The van der Waals surface area contributed by atoms with Crippen LogP contribution in [0.15, 0.2) is 75.1 Å². The van der Waals surface area contributed by atoms with Crippen molar-refractivity contribution in [1.29, 1.82) is 0 Å². The number of rotatable bonds is 5. The number of fused-ring (bicyclic) bond motifs is 1. The second kappa shape index (κ2) is 6.98. The molecule has 0 aliphatic heterocycles. The molecule has 0 aliphatic rings. The lowest BCUT2D eigenvalue weighted by atomic mass is 10.2. The van der Waals surface area contributed by atoms with Gasteiger partial charge in [-0.2, -0.15) is 4.98 Å². The molecule has 4 aromatic heterocycles. The molecule has 1 aromatic carbocycles. The highest BCUT2D eigenvalue weighted by Gasteiger charge is 2.14. The van der Waals surface area contributed by atoms with Crippen molar-refractivity contribution in [3.8, 4) is 22.0 Å². The van der Waals surface area contributed by atoms with Crippen molar-refractivity contribution in [2.24, 2.45) is 0 Å². The molecule has 132 valence electrons. The molecule has 0 radical (unpaired) electrons. The Bertz CT molecular complexity index is 1180. The van der Waals surface area contributed by atoms with Gasteiger partial charge in [0.1, 0.15) is 16.2 Å². The van der Waals surface area contributed by atoms with Crippen molar-refractivity contribution in [3.63, 3.8) is 0 Å². The van der Waals surface area contributed by atoms with Gasteiger partial charge in [-0.15, -0.1) is 11.3 Å². The normalized spacial score (nSPS) is 11.3. The maximum absolute atomic E-state index is 5.31. The van der Waals surface area contributed by atoms with E-state index in [-0.39, 0.29) is 0 Å². The van der Waals surface area contributed by atoms with Gasteiger partial charge in [0, 0.05) is 10.3 Å². The highest BCUT2D eigenvalue weighted by molar-refractivity contribution is 7.98. The van der Waals surface area contributed by atoms with Crippen molar-refractivity contribution in [1.82, 2.24) is 20.1 Å². The molecule has 0 amide bonds. The van der Waals surface area contributed by atoms with E-state index in [0.29, 0.717) is 23.2 Å². The SMILES string of the molecule is c1ccc(-c2cc3c(SCc4nc(-c5ccco5)no4)ncnc3s2)cc1. The van der Waals surface area contributed by atoms with Crippen LogP contribution in [0.4, 0.5) is 0 Å². The molecule has 0 fully saturated rings. The molecule has 0 N–H and O–H groups in total. The van der Waals surface area contributed by atoms with Crippen LogP contribution >= 0.6 is 23.1 Å². The highest BCUT2D eigenvalue weighted by Crippen LogP contribution is 2.36. The van der Waals surface area contributed by atoms with Gasteiger partial charge in [-0.1, -0.05) is 47.3 Å². The number of aromatic nitrogens is 4. The smallest absolute Gasteiger partial charge is 0.238 e. The summed E-state index contributed by atoms with van der Waals surface area (Å²) in [6.45, 7) is 0. The molecular weight excluding hydrogens is 380 g/mol. The average Bonchev–Trinajstić information content (AvgIpc) is 3.47. The summed E-state index contributed by atoms with van der Waals surface area (Å²) in [5, 5.41) is 5.89. The fourth-order valence-corrected chi connectivity index (χ4v) is 4.52. The summed E-state index contributed by atoms with van der Waals surface area (Å²) >= 11 is 3.21. The van der Waals surface area contributed by atoms with Crippen LogP contribution in [0.25, 0.3) is 32.2 Å². The predicted octanol–water partition coefficient (Wildman–Crippen LogP) is 5.29. The largest absolute Gasteiger partial charge is 0.461 e. The zero-order chi connectivity index (χ0) is 18.1. The van der Waals surface area contributed by atoms with Gasteiger partial charge in [0.2, 0.25) is 11.7 Å². The second-order valence-corrected chi connectivity index (χ2v) is 7.65. The average molecular weight is 392 g/mol. The Morgan fingerprint density at radius 2 is 1.96 bits per heavy atom. The zero-order valence-electron chi connectivity index (χ0n) is 13.9. The van der Waals surface area contributed by atoms with E-state index in [4.69, 9.17) is 8.94 Å². The second-order valence-electron chi connectivity index (χ2n) is 5.65. The van der Waals surface area contributed by atoms with Crippen molar-refractivity contribution in [3.05, 3.63) is 67.0 Å². The molecule has 0 unspecified atom stereocenters. The third kappa shape index (κ3) is 3.24. The van der Waals surface area contributed by atoms with Gasteiger partial charge in [-0.05, 0) is 23.8 Å². The molecule has 0 bridgehead atoms. The minimum absolute atomic E-state index is 0.449. The van der Waals surface area contributed by atoms with Gasteiger partial charge in [0.25, 0.3) is 0 Å². The Kier molecular flexibility index (Phi) is 4.19. The number of hydrogen-bond acceptors (Lipinski definition) is 8. The van der Waals surface area contributed by atoms with E-state index in [1.807, 2.05) is 18.2 Å².